The smallest absolute Gasteiger partial charge is 0.322 e. The van der Waals surface area contributed by atoms with Crippen LogP contribution in [0.5, 0.6) is 0 Å². The van der Waals surface area contributed by atoms with Gasteiger partial charge in [0.25, 0.3) is 0 Å². The second-order valence-corrected chi connectivity index (χ2v) is 4.04. The fourth-order valence-corrected chi connectivity index (χ4v) is 1.23. The van der Waals surface area contributed by atoms with Crippen molar-refractivity contribution in [2.45, 2.75) is 12.3 Å². The predicted octanol–water partition coefficient (Wildman–Crippen LogP) is 2.30. The highest BCUT2D eigenvalue weighted by atomic mass is 35.5. The van der Waals surface area contributed by atoms with Crippen LogP contribution in [0.2, 0.25) is 0 Å². The molecule has 0 saturated carbocycles. The Labute approximate surface area is 103 Å². The summed E-state index contributed by atoms with van der Waals surface area (Å²) in [7, 11) is 0. The molecular formula is C11H10ClN3O2. The number of carbonyl (C=O) groups is 1. The minimum absolute atomic E-state index is 0.0429. The number of nitrogens with zero attached hydrogens (tertiary/aromatic N) is 2. The number of aromatic nitrogens is 2. The van der Waals surface area contributed by atoms with E-state index in [1.54, 1.807) is 6.92 Å². The van der Waals surface area contributed by atoms with E-state index in [1.165, 1.54) is 0 Å². The van der Waals surface area contributed by atoms with Crippen LogP contribution in [0.1, 0.15) is 6.92 Å². The number of hydrogen-bond donors (Lipinski definition) is 1. The zero-order valence-corrected chi connectivity index (χ0v) is 9.81. The second kappa shape index (κ2) is 4.97. The van der Waals surface area contributed by atoms with Gasteiger partial charge in [-0.1, -0.05) is 23.3 Å². The molecule has 0 aliphatic carbocycles. The average molecular weight is 252 g/mol. The van der Waals surface area contributed by atoms with E-state index >= 15 is 0 Å². The average Bonchev–Trinajstić information content (AvgIpc) is 2.78. The molecule has 88 valence electrons. The summed E-state index contributed by atoms with van der Waals surface area (Å²) in [4.78, 5) is 11.3. The molecule has 6 heteroatoms. The summed E-state index contributed by atoms with van der Waals surface area (Å²) >= 11 is 5.60. The van der Waals surface area contributed by atoms with Crippen molar-refractivity contribution in [1.82, 2.24) is 10.2 Å². The molecule has 0 aliphatic rings. The number of anilines is 1. The maximum absolute atomic E-state index is 11.3. The van der Waals surface area contributed by atoms with Crippen molar-refractivity contribution in [2.24, 2.45) is 0 Å². The summed E-state index contributed by atoms with van der Waals surface area (Å²) in [6, 6.07) is 9.32. The monoisotopic (exact) mass is 251 g/mol. The van der Waals surface area contributed by atoms with E-state index in [1.807, 2.05) is 30.3 Å². The zero-order chi connectivity index (χ0) is 12.3. The minimum Gasteiger partial charge on any atom is -0.403 e. The molecule has 17 heavy (non-hydrogen) atoms. The Kier molecular flexibility index (Phi) is 3.39. The third-order valence-electron chi connectivity index (χ3n) is 2.04. The third kappa shape index (κ3) is 2.82. The van der Waals surface area contributed by atoms with Gasteiger partial charge in [-0.15, -0.1) is 16.7 Å². The molecule has 1 heterocycles. The molecule has 0 bridgehead atoms. The lowest BCUT2D eigenvalue weighted by atomic mass is 10.2. The largest absolute Gasteiger partial charge is 0.403 e. The van der Waals surface area contributed by atoms with Crippen LogP contribution in [0, 0.1) is 0 Å². The normalized spacial score (nSPS) is 12.1. The van der Waals surface area contributed by atoms with E-state index in [4.69, 9.17) is 16.0 Å². The van der Waals surface area contributed by atoms with Crippen molar-refractivity contribution >= 4 is 23.5 Å². The van der Waals surface area contributed by atoms with E-state index in [2.05, 4.69) is 15.5 Å². The molecule has 1 aromatic carbocycles. The summed E-state index contributed by atoms with van der Waals surface area (Å²) in [6.07, 6.45) is 0. The number of benzene rings is 1. The van der Waals surface area contributed by atoms with Crippen LogP contribution in [-0.2, 0) is 4.79 Å². The van der Waals surface area contributed by atoms with Gasteiger partial charge in [0.15, 0.2) is 0 Å². The van der Waals surface area contributed by atoms with Crippen LogP contribution in [0.15, 0.2) is 34.7 Å². The molecule has 1 atom stereocenters. The van der Waals surface area contributed by atoms with Crippen molar-refractivity contribution in [3.63, 3.8) is 0 Å². The van der Waals surface area contributed by atoms with Gasteiger partial charge in [-0.25, -0.2) is 0 Å². The third-order valence-corrected chi connectivity index (χ3v) is 2.24. The molecule has 1 N–H and O–H groups in total. The number of hydrogen-bond acceptors (Lipinski definition) is 4. The molecule has 2 rings (SSSR count). The van der Waals surface area contributed by atoms with Gasteiger partial charge in [-0.2, -0.15) is 0 Å². The van der Waals surface area contributed by atoms with Gasteiger partial charge >= 0.3 is 6.01 Å². The zero-order valence-electron chi connectivity index (χ0n) is 9.05. The highest BCUT2D eigenvalue weighted by molar-refractivity contribution is 6.32. The molecule has 1 aromatic heterocycles. The summed E-state index contributed by atoms with van der Waals surface area (Å²) < 4.78 is 5.28. The summed E-state index contributed by atoms with van der Waals surface area (Å²) in [5.74, 6) is -0.0296. The van der Waals surface area contributed by atoms with Crippen LogP contribution >= 0.6 is 11.6 Å². The van der Waals surface area contributed by atoms with E-state index in [-0.39, 0.29) is 11.9 Å². The second-order valence-electron chi connectivity index (χ2n) is 3.38. The Hall–Kier alpha value is -1.88. The van der Waals surface area contributed by atoms with Gasteiger partial charge in [0, 0.05) is 5.56 Å². The quantitative estimate of drug-likeness (QED) is 0.850. The lowest BCUT2D eigenvalue weighted by Gasteiger charge is -2.00. The molecule has 5 nitrogen and oxygen atoms in total. The van der Waals surface area contributed by atoms with E-state index in [9.17, 15) is 4.79 Å². The molecule has 0 fully saturated rings. The van der Waals surface area contributed by atoms with Gasteiger partial charge < -0.3 is 4.42 Å². The fraction of sp³-hybridized carbons (Fsp3) is 0.182. The van der Waals surface area contributed by atoms with Crippen molar-refractivity contribution < 1.29 is 9.21 Å². The number of carbonyl (C=O) groups excluding carboxylic acids is 1. The first-order valence-electron chi connectivity index (χ1n) is 5.00. The van der Waals surface area contributed by atoms with E-state index in [0.29, 0.717) is 5.89 Å². The first kappa shape index (κ1) is 11.6. The highest BCUT2D eigenvalue weighted by Crippen LogP contribution is 2.19. The summed E-state index contributed by atoms with van der Waals surface area (Å²) in [5.41, 5.74) is 0.791. The molecule has 1 amide bonds. The number of halogens is 1. The topological polar surface area (TPSA) is 68.0 Å². The number of nitrogens with one attached hydrogen (secondary N) is 1. The van der Waals surface area contributed by atoms with Crippen molar-refractivity contribution in [1.29, 1.82) is 0 Å². The van der Waals surface area contributed by atoms with Crippen molar-refractivity contribution in [3.05, 3.63) is 30.3 Å². The Morgan fingerprint density at radius 3 is 2.71 bits per heavy atom. The predicted molar refractivity (Wildman–Crippen MR) is 63.7 cm³/mol. The Morgan fingerprint density at radius 2 is 2.06 bits per heavy atom. The Balaban J connectivity index is 2.14. The van der Waals surface area contributed by atoms with Gasteiger partial charge in [0.05, 0.1) is 0 Å². The van der Waals surface area contributed by atoms with E-state index < -0.39 is 5.38 Å². The van der Waals surface area contributed by atoms with Crippen molar-refractivity contribution in [3.8, 4) is 11.5 Å². The van der Waals surface area contributed by atoms with Gasteiger partial charge in [0.1, 0.15) is 5.38 Å². The highest BCUT2D eigenvalue weighted by Gasteiger charge is 2.14. The summed E-state index contributed by atoms with van der Waals surface area (Å²) in [5, 5.41) is 9.30. The van der Waals surface area contributed by atoms with Gasteiger partial charge in [0.2, 0.25) is 11.8 Å². The molecule has 0 saturated heterocycles. The van der Waals surface area contributed by atoms with Crippen LogP contribution in [0.25, 0.3) is 11.5 Å². The fourth-order valence-electron chi connectivity index (χ4n) is 1.18. The molecule has 0 radical (unpaired) electrons. The Morgan fingerprint density at radius 1 is 1.35 bits per heavy atom. The maximum atomic E-state index is 11.3. The lowest BCUT2D eigenvalue weighted by Crippen LogP contribution is -2.20. The molecule has 0 unspecified atom stereocenters. The van der Waals surface area contributed by atoms with Crippen molar-refractivity contribution in [2.75, 3.05) is 5.32 Å². The maximum Gasteiger partial charge on any atom is 0.322 e. The molecular weight excluding hydrogens is 242 g/mol. The van der Waals surface area contributed by atoms with Crippen LogP contribution < -0.4 is 5.32 Å². The minimum atomic E-state index is -0.651. The molecule has 2 aromatic rings. The molecule has 0 spiro atoms. The number of rotatable bonds is 3. The van der Waals surface area contributed by atoms with Gasteiger partial charge in [-0.3, -0.25) is 10.1 Å². The van der Waals surface area contributed by atoms with Crippen LogP contribution in [-0.4, -0.2) is 21.5 Å². The van der Waals surface area contributed by atoms with Crippen LogP contribution in [0.4, 0.5) is 6.01 Å². The summed E-state index contributed by atoms with van der Waals surface area (Å²) in [6.45, 7) is 1.56. The standard InChI is InChI=1S/C11H10ClN3O2/c1-7(12)9(16)13-11-15-14-10(17-11)8-5-3-2-4-6-8/h2-7H,1H3,(H,13,15,16)/t7-/m1/s1. The van der Waals surface area contributed by atoms with Crippen LogP contribution in [0.3, 0.4) is 0 Å². The SMILES string of the molecule is C[C@@H](Cl)C(=O)Nc1nnc(-c2ccccc2)o1. The van der Waals surface area contributed by atoms with Gasteiger partial charge in [-0.05, 0) is 19.1 Å². The van der Waals surface area contributed by atoms with E-state index in [0.717, 1.165) is 5.56 Å². The lowest BCUT2D eigenvalue weighted by molar-refractivity contribution is -0.115. The molecule has 0 aliphatic heterocycles. The number of alkyl halides is 1. The Bertz CT molecular complexity index is 510. The first-order chi connectivity index (χ1) is 8.16. The first-order valence-corrected chi connectivity index (χ1v) is 5.44. The number of amides is 1.